The minimum atomic E-state index is -1.65. The molecule has 4 heterocycles. The van der Waals surface area contributed by atoms with Crippen LogP contribution in [-0.4, -0.2) is 98.7 Å². The zero-order chi connectivity index (χ0) is 25.4. The summed E-state index contributed by atoms with van der Waals surface area (Å²) in [5.74, 6) is -2.77. The van der Waals surface area contributed by atoms with Gasteiger partial charge in [0.1, 0.15) is 42.2 Å². The van der Waals surface area contributed by atoms with Gasteiger partial charge in [0.2, 0.25) is 0 Å². The summed E-state index contributed by atoms with van der Waals surface area (Å²) in [6.07, 6.45) is -8.43. The zero-order valence-corrected chi connectivity index (χ0v) is 19.7. The predicted molar refractivity (Wildman–Crippen MR) is 116 cm³/mol. The summed E-state index contributed by atoms with van der Waals surface area (Å²) in [5.41, 5.74) is -3.40. The zero-order valence-electron chi connectivity index (χ0n) is 19.7. The van der Waals surface area contributed by atoms with E-state index in [0.29, 0.717) is 5.56 Å². The van der Waals surface area contributed by atoms with E-state index in [1.807, 2.05) is 0 Å². The number of carbonyl (C=O) groups excluding carboxylic acids is 1. The van der Waals surface area contributed by atoms with E-state index in [2.05, 4.69) is 0 Å². The van der Waals surface area contributed by atoms with Crippen molar-refractivity contribution in [2.75, 3.05) is 13.2 Å². The molecule has 4 saturated heterocycles. The Hall–Kier alpha value is -1.67. The van der Waals surface area contributed by atoms with Gasteiger partial charge in [-0.2, -0.15) is 0 Å². The molecule has 11 heteroatoms. The first-order valence-corrected chi connectivity index (χ1v) is 11.7. The Morgan fingerprint density at radius 3 is 2.43 bits per heavy atom. The summed E-state index contributed by atoms with van der Waals surface area (Å²) in [7, 11) is 0. The van der Waals surface area contributed by atoms with Crippen molar-refractivity contribution in [3.05, 3.63) is 35.9 Å². The Morgan fingerprint density at radius 1 is 1.09 bits per heavy atom. The van der Waals surface area contributed by atoms with Crippen molar-refractivity contribution < 1.29 is 54.0 Å². The van der Waals surface area contributed by atoms with Crippen LogP contribution < -0.4 is 0 Å². The van der Waals surface area contributed by atoms with Crippen LogP contribution in [0, 0.1) is 11.3 Å². The minimum absolute atomic E-state index is 0.0277. The molecule has 0 unspecified atom stereocenters. The molecule has 1 aromatic carbocycles. The molecule has 0 spiro atoms. The fourth-order valence-corrected chi connectivity index (χ4v) is 6.30. The highest BCUT2D eigenvalue weighted by Gasteiger charge is 2.85. The van der Waals surface area contributed by atoms with Crippen LogP contribution in [0.1, 0.15) is 37.6 Å². The van der Waals surface area contributed by atoms with Gasteiger partial charge in [0, 0.05) is 12.3 Å². The molecule has 0 radical (unpaired) electrons. The summed E-state index contributed by atoms with van der Waals surface area (Å²) in [5, 5.41) is 51.9. The smallest absolute Gasteiger partial charge is 0.338 e. The summed E-state index contributed by atoms with van der Waals surface area (Å²) in [6, 6.07) is 8.44. The Morgan fingerprint density at radius 2 is 1.77 bits per heavy atom. The number of hydrogen-bond donors (Lipinski definition) is 5. The van der Waals surface area contributed by atoms with Crippen LogP contribution in [0.2, 0.25) is 0 Å². The van der Waals surface area contributed by atoms with Crippen LogP contribution in [-0.2, 0) is 23.7 Å². The highest BCUT2D eigenvalue weighted by atomic mass is 16.8. The van der Waals surface area contributed by atoms with E-state index >= 15 is 0 Å². The number of rotatable bonds is 6. The first-order chi connectivity index (χ1) is 16.4. The number of aliphatic hydroxyl groups is 5. The lowest BCUT2D eigenvalue weighted by Gasteiger charge is -2.57. The molecule has 0 amide bonds. The molecule has 1 aliphatic carbocycles. The molecule has 4 bridgehead atoms. The summed E-state index contributed by atoms with van der Waals surface area (Å²) in [6.45, 7) is 4.33. The second-order valence-corrected chi connectivity index (χ2v) is 10.4. The lowest BCUT2D eigenvalue weighted by molar-refractivity contribution is -0.382. The lowest BCUT2D eigenvalue weighted by Crippen LogP contribution is -2.71. The molecule has 194 valence electrons. The molecular weight excluding hydrogens is 464 g/mol. The standard InChI is InChI=1S/C24H32O11/c1-12-23(11-31-18(29)13-7-5-4-6-8-13)20-34-21(2,10-24(12,30)35-20)22(23,3)33-19-17(28)16(27)15(26)14(9-25)32-19/h4-8,12,14-17,19-20,25-28,30H,9-11H2,1-3H3/t12-,14-,15-,16+,17-,19+,20-,21+,22+,23+,24-/m1/s1. The van der Waals surface area contributed by atoms with E-state index in [9.17, 15) is 30.3 Å². The molecular formula is C24H32O11. The first-order valence-electron chi connectivity index (χ1n) is 11.7. The third kappa shape index (κ3) is 3.27. The molecule has 1 aromatic rings. The average Bonchev–Trinajstić information content (AvgIpc) is 3.08. The van der Waals surface area contributed by atoms with E-state index in [1.165, 1.54) is 0 Å². The van der Waals surface area contributed by atoms with Crippen LogP contribution in [0.3, 0.4) is 0 Å². The van der Waals surface area contributed by atoms with Crippen LogP contribution in [0.4, 0.5) is 0 Å². The molecule has 1 saturated carbocycles. The largest absolute Gasteiger partial charge is 0.461 e. The Labute approximate surface area is 202 Å². The molecule has 35 heavy (non-hydrogen) atoms. The Bertz CT molecular complexity index is 973. The molecule has 4 aliphatic heterocycles. The van der Waals surface area contributed by atoms with Crippen molar-refractivity contribution >= 4 is 5.97 Å². The summed E-state index contributed by atoms with van der Waals surface area (Å²) in [4.78, 5) is 12.8. The second kappa shape index (κ2) is 8.17. The Balaban J connectivity index is 1.49. The fraction of sp³-hybridized carbons (Fsp3) is 0.708. The number of ether oxygens (including phenoxy) is 5. The van der Waals surface area contributed by atoms with Crippen molar-refractivity contribution in [2.24, 2.45) is 11.3 Å². The van der Waals surface area contributed by atoms with E-state index in [4.69, 9.17) is 23.7 Å². The van der Waals surface area contributed by atoms with Gasteiger partial charge in [-0.05, 0) is 26.0 Å². The van der Waals surface area contributed by atoms with Crippen LogP contribution in [0.25, 0.3) is 0 Å². The summed E-state index contributed by atoms with van der Waals surface area (Å²) >= 11 is 0. The third-order valence-corrected chi connectivity index (χ3v) is 8.69. The average molecular weight is 497 g/mol. The number of carbonyl (C=O) groups is 1. The highest BCUT2D eigenvalue weighted by Crippen LogP contribution is 2.72. The molecule has 0 aromatic heterocycles. The molecule has 5 fully saturated rings. The first kappa shape index (κ1) is 25.0. The van der Waals surface area contributed by atoms with Crippen molar-refractivity contribution in [1.82, 2.24) is 0 Å². The number of hydrogen-bond acceptors (Lipinski definition) is 11. The van der Waals surface area contributed by atoms with Gasteiger partial charge in [-0.1, -0.05) is 25.1 Å². The Kier molecular flexibility index (Phi) is 5.83. The van der Waals surface area contributed by atoms with E-state index in [1.54, 1.807) is 51.1 Å². The third-order valence-electron chi connectivity index (χ3n) is 8.69. The van der Waals surface area contributed by atoms with Gasteiger partial charge in [0.25, 0.3) is 0 Å². The maximum Gasteiger partial charge on any atom is 0.338 e. The molecule has 11 atom stereocenters. The number of esters is 1. The van der Waals surface area contributed by atoms with Crippen LogP contribution in [0.15, 0.2) is 30.3 Å². The van der Waals surface area contributed by atoms with Gasteiger partial charge in [-0.3, -0.25) is 0 Å². The number of aliphatic hydroxyl groups excluding tert-OH is 4. The van der Waals surface area contributed by atoms with Crippen molar-refractivity contribution in [1.29, 1.82) is 0 Å². The van der Waals surface area contributed by atoms with Crippen molar-refractivity contribution in [3.63, 3.8) is 0 Å². The van der Waals surface area contributed by atoms with Gasteiger partial charge in [0.05, 0.1) is 17.6 Å². The second-order valence-electron chi connectivity index (χ2n) is 10.4. The van der Waals surface area contributed by atoms with E-state index in [-0.39, 0.29) is 13.0 Å². The van der Waals surface area contributed by atoms with Crippen LogP contribution in [0.5, 0.6) is 0 Å². The van der Waals surface area contributed by atoms with Gasteiger partial charge in [-0.25, -0.2) is 4.79 Å². The van der Waals surface area contributed by atoms with E-state index < -0.39 is 77.9 Å². The molecule has 11 nitrogen and oxygen atoms in total. The quantitative estimate of drug-likeness (QED) is 0.316. The maximum absolute atomic E-state index is 12.8. The minimum Gasteiger partial charge on any atom is -0.461 e. The van der Waals surface area contributed by atoms with Crippen LogP contribution >= 0.6 is 0 Å². The monoisotopic (exact) mass is 496 g/mol. The van der Waals surface area contributed by atoms with Gasteiger partial charge >= 0.3 is 5.97 Å². The van der Waals surface area contributed by atoms with Gasteiger partial charge < -0.3 is 49.2 Å². The van der Waals surface area contributed by atoms with E-state index in [0.717, 1.165) is 0 Å². The maximum atomic E-state index is 12.8. The molecule has 5 aliphatic rings. The molecule has 6 rings (SSSR count). The lowest BCUT2D eigenvalue weighted by atomic mass is 9.54. The highest BCUT2D eigenvalue weighted by molar-refractivity contribution is 5.89. The predicted octanol–water partition coefficient (Wildman–Crippen LogP) is -0.721. The van der Waals surface area contributed by atoms with Gasteiger partial charge in [-0.15, -0.1) is 0 Å². The molecule has 5 N–H and O–H groups in total. The summed E-state index contributed by atoms with van der Waals surface area (Å²) < 4.78 is 29.8. The normalized spacial score (nSPS) is 50.5. The fourth-order valence-electron chi connectivity index (χ4n) is 6.30. The number of benzene rings is 1. The van der Waals surface area contributed by atoms with Crippen molar-refractivity contribution in [3.8, 4) is 0 Å². The van der Waals surface area contributed by atoms with Gasteiger partial charge in [0.15, 0.2) is 18.4 Å². The van der Waals surface area contributed by atoms with Crippen molar-refractivity contribution in [2.45, 2.75) is 81.2 Å². The SMILES string of the molecule is C[C@@H]1[C@@]2(COC(=O)c3ccccc3)[C@H]3O[C@]1(O)C[C@](C)(O3)[C@]2(C)O[C@@H]1O[C@H](CO)[C@@H](O)[C@H](O)[C@H]1O. The topological polar surface area (TPSA) is 164 Å².